The molecule has 4 amide bonds. The highest BCUT2D eigenvalue weighted by atomic mass is 16.4. The van der Waals surface area contributed by atoms with Gasteiger partial charge >= 0.3 is 12.0 Å². The monoisotopic (exact) mass is 464 g/mol. The average Bonchev–Trinajstić information content (AvgIpc) is 3.21. The quantitative estimate of drug-likeness (QED) is 0.674. The normalized spacial score (nSPS) is 26.0. The number of amides is 4. The summed E-state index contributed by atoms with van der Waals surface area (Å²) in [5.74, 6) is -4.64. The first kappa shape index (κ1) is 23.3. The number of carboxylic acids is 1. The lowest BCUT2D eigenvalue weighted by molar-refractivity contribution is -0.154. The van der Waals surface area contributed by atoms with Crippen LogP contribution in [0.4, 0.5) is 16.2 Å². The lowest BCUT2D eigenvalue weighted by atomic mass is 9.80. The third-order valence-corrected chi connectivity index (χ3v) is 7.00. The summed E-state index contributed by atoms with van der Waals surface area (Å²) in [4.78, 5) is 56.6. The van der Waals surface area contributed by atoms with Crippen LogP contribution in [-0.2, 0) is 14.4 Å². The Morgan fingerprint density at radius 3 is 2.12 bits per heavy atom. The van der Waals surface area contributed by atoms with Gasteiger partial charge in [-0.3, -0.25) is 19.4 Å². The molecule has 2 fully saturated rings. The van der Waals surface area contributed by atoms with Crippen molar-refractivity contribution in [2.75, 3.05) is 31.4 Å². The number of benzene rings is 2. The third-order valence-electron chi connectivity index (χ3n) is 7.00. The zero-order valence-corrected chi connectivity index (χ0v) is 19.8. The molecule has 0 aliphatic carbocycles. The average molecular weight is 465 g/mol. The van der Waals surface area contributed by atoms with Gasteiger partial charge in [-0.05, 0) is 43.7 Å². The highest BCUT2D eigenvalue weighted by Crippen LogP contribution is 2.55. The summed E-state index contributed by atoms with van der Waals surface area (Å²) in [5, 5.41) is 13.1. The molecular weight excluding hydrogens is 436 g/mol. The van der Waals surface area contributed by atoms with Gasteiger partial charge in [-0.15, -0.1) is 0 Å². The number of likely N-dealkylation sites (tertiary alicyclic amines) is 2. The lowest BCUT2D eigenvalue weighted by Gasteiger charge is -2.38. The van der Waals surface area contributed by atoms with Crippen LogP contribution < -0.4 is 10.2 Å². The van der Waals surface area contributed by atoms with E-state index in [0.717, 1.165) is 21.1 Å². The van der Waals surface area contributed by atoms with Crippen LogP contribution >= 0.6 is 0 Å². The highest BCUT2D eigenvalue weighted by Gasteiger charge is 2.71. The number of hydrogen-bond acceptors (Lipinski definition) is 5. The van der Waals surface area contributed by atoms with Crippen molar-refractivity contribution in [3.8, 4) is 0 Å². The summed E-state index contributed by atoms with van der Waals surface area (Å²) in [6.45, 7) is 3.26. The molecule has 9 heteroatoms. The zero-order chi connectivity index (χ0) is 24.9. The minimum atomic E-state index is -1.93. The first-order valence-electron chi connectivity index (χ1n) is 11.0. The fraction of sp³-hybridized carbons (Fsp3) is 0.360. The largest absolute Gasteiger partial charge is 0.479 e. The van der Waals surface area contributed by atoms with E-state index in [1.165, 1.54) is 14.0 Å². The summed E-state index contributed by atoms with van der Waals surface area (Å²) in [6.07, 6.45) is 0. The van der Waals surface area contributed by atoms with Gasteiger partial charge in [0.05, 0.1) is 17.9 Å². The van der Waals surface area contributed by atoms with E-state index in [0.29, 0.717) is 11.3 Å². The maximum atomic E-state index is 13.6. The van der Waals surface area contributed by atoms with Gasteiger partial charge in [0.2, 0.25) is 11.8 Å². The Bertz CT molecular complexity index is 1160. The van der Waals surface area contributed by atoms with Crippen molar-refractivity contribution in [1.82, 2.24) is 9.80 Å². The fourth-order valence-corrected chi connectivity index (χ4v) is 5.06. The molecule has 2 aliphatic rings. The molecule has 4 unspecified atom stereocenters. The first-order chi connectivity index (χ1) is 16.0. The molecule has 0 aromatic heterocycles. The molecule has 178 valence electrons. The summed E-state index contributed by atoms with van der Waals surface area (Å²) >= 11 is 0. The van der Waals surface area contributed by atoms with E-state index in [1.807, 2.05) is 50.2 Å². The minimum Gasteiger partial charge on any atom is -0.479 e. The lowest BCUT2D eigenvalue weighted by Crippen LogP contribution is -2.58. The van der Waals surface area contributed by atoms with Gasteiger partial charge in [0.1, 0.15) is 0 Å². The van der Waals surface area contributed by atoms with Crippen molar-refractivity contribution in [2.24, 2.45) is 11.8 Å². The number of nitrogens with zero attached hydrogens (tertiary/aromatic N) is 3. The molecule has 2 aromatic rings. The number of aliphatic carboxylic acids is 1. The Hall–Kier alpha value is -3.88. The number of aryl methyl sites for hydroxylation is 1. The van der Waals surface area contributed by atoms with E-state index < -0.39 is 47.2 Å². The second-order valence-electron chi connectivity index (χ2n) is 9.29. The second-order valence-corrected chi connectivity index (χ2v) is 9.29. The van der Waals surface area contributed by atoms with E-state index >= 15 is 0 Å². The molecular formula is C25H28N4O5. The van der Waals surface area contributed by atoms with Crippen molar-refractivity contribution >= 4 is 35.2 Å². The van der Waals surface area contributed by atoms with Crippen LogP contribution in [-0.4, -0.2) is 65.4 Å². The number of fused-ring (bicyclic) bond motifs is 1. The predicted octanol–water partition coefficient (Wildman–Crippen LogP) is 2.72. The zero-order valence-electron chi connectivity index (χ0n) is 19.8. The van der Waals surface area contributed by atoms with E-state index in [9.17, 15) is 24.3 Å². The topological polar surface area (TPSA) is 110 Å². The molecule has 2 heterocycles. The minimum absolute atomic E-state index is 0.483. The molecule has 9 nitrogen and oxygen atoms in total. The smallest absolute Gasteiger partial charge is 0.330 e. The Labute approximate surface area is 197 Å². The standard InChI is InChI=1S/C25H28N4O5/c1-14-6-10-16(11-7-14)26-24(34)29-20(15-8-12-17(13-9-15)27(3)4)18-19(25(29,2)23(32)33)22(31)28(5)21(18)30/h6-13,18-20H,1-5H3,(H,26,34)(H,32,33). The van der Waals surface area contributed by atoms with Crippen LogP contribution in [0.5, 0.6) is 0 Å². The molecule has 4 atom stereocenters. The van der Waals surface area contributed by atoms with Crippen LogP contribution in [0.3, 0.4) is 0 Å². The Kier molecular flexibility index (Phi) is 5.59. The van der Waals surface area contributed by atoms with Crippen molar-refractivity contribution in [1.29, 1.82) is 0 Å². The molecule has 2 aromatic carbocycles. The van der Waals surface area contributed by atoms with Gasteiger partial charge in [0, 0.05) is 32.5 Å². The van der Waals surface area contributed by atoms with E-state index in [1.54, 1.807) is 24.3 Å². The molecule has 34 heavy (non-hydrogen) atoms. The summed E-state index contributed by atoms with van der Waals surface area (Å²) in [6, 6.07) is 12.7. The second kappa shape index (κ2) is 8.16. The number of carbonyl (C=O) groups excluding carboxylic acids is 3. The van der Waals surface area contributed by atoms with E-state index in [2.05, 4.69) is 5.32 Å². The van der Waals surface area contributed by atoms with Crippen LogP contribution in [0.2, 0.25) is 0 Å². The SMILES string of the molecule is Cc1ccc(NC(=O)N2C(c3ccc(N(C)C)cc3)C3C(=O)N(C)C(=O)C3C2(C)C(=O)O)cc1. The number of hydrogen-bond donors (Lipinski definition) is 2. The number of carbonyl (C=O) groups is 4. The molecule has 2 N–H and O–H groups in total. The summed E-state index contributed by atoms with van der Waals surface area (Å²) in [5.41, 5.74) is 1.04. The van der Waals surface area contributed by atoms with Crippen LogP contribution in [0.1, 0.15) is 24.1 Å². The maximum Gasteiger partial charge on any atom is 0.330 e. The number of carboxylic acid groups (broad SMARTS) is 1. The van der Waals surface area contributed by atoms with Gasteiger partial charge in [-0.1, -0.05) is 29.8 Å². The molecule has 0 spiro atoms. The molecule has 2 saturated heterocycles. The molecule has 4 rings (SSSR count). The van der Waals surface area contributed by atoms with Crippen molar-refractivity contribution in [2.45, 2.75) is 25.4 Å². The van der Waals surface area contributed by atoms with Crippen molar-refractivity contribution < 1.29 is 24.3 Å². The molecule has 2 aliphatic heterocycles. The highest BCUT2D eigenvalue weighted by molar-refractivity contribution is 6.11. The predicted molar refractivity (Wildman–Crippen MR) is 126 cm³/mol. The van der Waals surface area contributed by atoms with Crippen molar-refractivity contribution in [3.05, 3.63) is 59.7 Å². The Morgan fingerprint density at radius 2 is 1.59 bits per heavy atom. The number of nitrogens with one attached hydrogen (secondary N) is 1. The number of urea groups is 1. The van der Waals surface area contributed by atoms with E-state index in [-0.39, 0.29) is 0 Å². The molecule has 0 bridgehead atoms. The molecule has 0 radical (unpaired) electrons. The van der Waals surface area contributed by atoms with Gasteiger partial charge in [0.15, 0.2) is 5.54 Å². The van der Waals surface area contributed by atoms with Gasteiger partial charge in [-0.25, -0.2) is 9.59 Å². The van der Waals surface area contributed by atoms with Crippen LogP contribution in [0.25, 0.3) is 0 Å². The third kappa shape index (κ3) is 3.39. The maximum absolute atomic E-state index is 13.6. The summed E-state index contributed by atoms with van der Waals surface area (Å²) < 4.78 is 0. The molecule has 0 saturated carbocycles. The summed E-state index contributed by atoms with van der Waals surface area (Å²) in [7, 11) is 5.13. The first-order valence-corrected chi connectivity index (χ1v) is 11.0. The Balaban J connectivity index is 1.85. The van der Waals surface area contributed by atoms with E-state index in [4.69, 9.17) is 0 Å². The number of imide groups is 1. The van der Waals surface area contributed by atoms with Crippen molar-refractivity contribution in [3.63, 3.8) is 0 Å². The van der Waals surface area contributed by atoms with Crippen LogP contribution in [0.15, 0.2) is 48.5 Å². The number of anilines is 2. The fourth-order valence-electron chi connectivity index (χ4n) is 5.06. The van der Waals surface area contributed by atoms with Crippen LogP contribution in [0, 0.1) is 18.8 Å². The Morgan fingerprint density at radius 1 is 1.00 bits per heavy atom. The van der Waals surface area contributed by atoms with Gasteiger partial charge < -0.3 is 15.3 Å². The van der Waals surface area contributed by atoms with Gasteiger partial charge in [-0.2, -0.15) is 0 Å². The number of rotatable bonds is 4. The van der Waals surface area contributed by atoms with Gasteiger partial charge in [0.25, 0.3) is 0 Å².